The van der Waals surface area contributed by atoms with Gasteiger partial charge in [-0.3, -0.25) is 4.79 Å². The summed E-state index contributed by atoms with van der Waals surface area (Å²) in [7, 11) is 4.31. The van der Waals surface area contributed by atoms with E-state index in [0.717, 1.165) is 0 Å². The molecular formula is C19H19ClFNO5. The van der Waals surface area contributed by atoms with Crippen molar-refractivity contribution in [2.75, 3.05) is 27.9 Å². The third-order valence-corrected chi connectivity index (χ3v) is 4.00. The molecule has 0 spiro atoms. The van der Waals surface area contributed by atoms with Crippen LogP contribution in [0.5, 0.6) is 11.5 Å². The number of likely N-dealkylation sites (N-methyl/N-ethyl adjacent to an activating group) is 1. The molecule has 27 heavy (non-hydrogen) atoms. The van der Waals surface area contributed by atoms with Gasteiger partial charge in [-0.1, -0.05) is 17.7 Å². The molecule has 0 atom stereocenters. The first-order chi connectivity index (χ1) is 12.8. The summed E-state index contributed by atoms with van der Waals surface area (Å²) in [6.07, 6.45) is 0. The number of hydrogen-bond acceptors (Lipinski definition) is 5. The van der Waals surface area contributed by atoms with E-state index in [1.165, 1.54) is 50.4 Å². The molecule has 6 nitrogen and oxygen atoms in total. The largest absolute Gasteiger partial charge is 0.496 e. The zero-order valence-electron chi connectivity index (χ0n) is 15.1. The predicted octanol–water partition coefficient (Wildman–Crippen LogP) is 3.31. The van der Waals surface area contributed by atoms with Crippen molar-refractivity contribution >= 4 is 23.5 Å². The Morgan fingerprint density at radius 2 is 1.74 bits per heavy atom. The smallest absolute Gasteiger partial charge is 0.342 e. The quantitative estimate of drug-likeness (QED) is 0.673. The molecule has 0 bridgehead atoms. The highest BCUT2D eigenvalue weighted by atomic mass is 35.5. The van der Waals surface area contributed by atoms with Gasteiger partial charge in [-0.05, 0) is 35.9 Å². The number of hydrogen-bond donors (Lipinski definition) is 0. The van der Waals surface area contributed by atoms with E-state index in [1.807, 2.05) is 0 Å². The monoisotopic (exact) mass is 395 g/mol. The van der Waals surface area contributed by atoms with Crippen LogP contribution in [0.1, 0.15) is 15.9 Å². The molecule has 0 N–H and O–H groups in total. The second-order valence-electron chi connectivity index (χ2n) is 5.64. The Balaban J connectivity index is 1.96. The number of esters is 1. The maximum Gasteiger partial charge on any atom is 0.342 e. The van der Waals surface area contributed by atoms with Gasteiger partial charge in [0.2, 0.25) is 0 Å². The molecule has 0 unspecified atom stereocenters. The number of ether oxygens (including phenoxy) is 3. The third kappa shape index (κ3) is 5.34. The average Bonchev–Trinajstić information content (AvgIpc) is 2.65. The van der Waals surface area contributed by atoms with E-state index >= 15 is 0 Å². The Kier molecular flexibility index (Phi) is 7.01. The number of methoxy groups -OCH3 is 2. The van der Waals surface area contributed by atoms with Gasteiger partial charge < -0.3 is 19.1 Å². The number of carbonyl (C=O) groups excluding carboxylic acids is 2. The van der Waals surface area contributed by atoms with Gasteiger partial charge in [-0.2, -0.15) is 0 Å². The van der Waals surface area contributed by atoms with Crippen LogP contribution in [0.3, 0.4) is 0 Å². The van der Waals surface area contributed by atoms with Crippen LogP contribution in [0.25, 0.3) is 0 Å². The molecule has 2 rings (SSSR count). The van der Waals surface area contributed by atoms with E-state index in [9.17, 15) is 14.0 Å². The van der Waals surface area contributed by atoms with E-state index in [4.69, 9.17) is 25.8 Å². The van der Waals surface area contributed by atoms with Gasteiger partial charge in [0.1, 0.15) is 11.3 Å². The molecule has 2 aromatic rings. The summed E-state index contributed by atoms with van der Waals surface area (Å²) in [6, 6.07) is 8.92. The van der Waals surface area contributed by atoms with Gasteiger partial charge >= 0.3 is 5.97 Å². The van der Waals surface area contributed by atoms with Crippen molar-refractivity contribution in [2.24, 2.45) is 0 Å². The first-order valence-corrected chi connectivity index (χ1v) is 8.30. The highest BCUT2D eigenvalue weighted by molar-refractivity contribution is 6.31. The van der Waals surface area contributed by atoms with Crippen LogP contribution in [-0.4, -0.2) is 44.7 Å². The summed E-state index contributed by atoms with van der Waals surface area (Å²) in [5.74, 6) is -1.28. The molecule has 0 aliphatic heterocycles. The Morgan fingerprint density at radius 1 is 1.07 bits per heavy atom. The summed E-state index contributed by atoms with van der Waals surface area (Å²) >= 11 is 5.88. The summed E-state index contributed by atoms with van der Waals surface area (Å²) in [6.45, 7) is -0.318. The van der Waals surface area contributed by atoms with E-state index in [2.05, 4.69) is 0 Å². The second-order valence-corrected chi connectivity index (χ2v) is 6.08. The first-order valence-electron chi connectivity index (χ1n) is 7.92. The molecule has 0 aromatic heterocycles. The normalized spacial score (nSPS) is 10.3. The number of rotatable bonds is 7. The van der Waals surface area contributed by atoms with Gasteiger partial charge in [-0.25, -0.2) is 9.18 Å². The summed E-state index contributed by atoms with van der Waals surface area (Å²) < 4.78 is 28.7. The SMILES string of the molecule is COc1ccc(CN(C)C(=O)COC(=O)c2cc(Cl)ccc2OC)cc1F. The Morgan fingerprint density at radius 3 is 2.37 bits per heavy atom. The average molecular weight is 396 g/mol. The van der Waals surface area contributed by atoms with Crippen molar-refractivity contribution in [2.45, 2.75) is 6.54 Å². The number of benzene rings is 2. The van der Waals surface area contributed by atoms with Crippen molar-refractivity contribution in [1.29, 1.82) is 0 Å². The van der Waals surface area contributed by atoms with Gasteiger partial charge in [-0.15, -0.1) is 0 Å². The lowest BCUT2D eigenvalue weighted by Crippen LogP contribution is -2.30. The lowest BCUT2D eigenvalue weighted by molar-refractivity contribution is -0.133. The third-order valence-electron chi connectivity index (χ3n) is 3.77. The fourth-order valence-electron chi connectivity index (χ4n) is 2.33. The number of nitrogens with zero attached hydrogens (tertiary/aromatic N) is 1. The zero-order chi connectivity index (χ0) is 20.0. The lowest BCUT2D eigenvalue weighted by atomic mass is 10.2. The first kappa shape index (κ1) is 20.5. The zero-order valence-corrected chi connectivity index (χ0v) is 15.9. The van der Waals surface area contributed by atoms with E-state index in [0.29, 0.717) is 16.3 Å². The molecule has 0 saturated carbocycles. The van der Waals surface area contributed by atoms with Crippen molar-refractivity contribution in [3.8, 4) is 11.5 Å². The van der Waals surface area contributed by atoms with Crippen molar-refractivity contribution in [3.63, 3.8) is 0 Å². The molecule has 2 aromatic carbocycles. The van der Waals surface area contributed by atoms with Crippen LogP contribution < -0.4 is 9.47 Å². The molecule has 1 amide bonds. The van der Waals surface area contributed by atoms with Crippen LogP contribution in [0.4, 0.5) is 4.39 Å². The Hall–Kier alpha value is -2.80. The second kappa shape index (κ2) is 9.23. The number of carbonyl (C=O) groups is 2. The molecule has 144 valence electrons. The number of halogens is 2. The highest BCUT2D eigenvalue weighted by Gasteiger charge is 2.18. The fourth-order valence-corrected chi connectivity index (χ4v) is 2.50. The maximum absolute atomic E-state index is 13.7. The van der Waals surface area contributed by atoms with E-state index in [1.54, 1.807) is 12.1 Å². The molecule has 8 heteroatoms. The van der Waals surface area contributed by atoms with Crippen molar-refractivity contribution in [1.82, 2.24) is 4.90 Å². The summed E-state index contributed by atoms with van der Waals surface area (Å²) in [4.78, 5) is 25.7. The minimum Gasteiger partial charge on any atom is -0.496 e. The van der Waals surface area contributed by atoms with E-state index in [-0.39, 0.29) is 17.9 Å². The lowest BCUT2D eigenvalue weighted by Gasteiger charge is -2.18. The topological polar surface area (TPSA) is 65.1 Å². The molecule has 0 heterocycles. The molecule has 0 radical (unpaired) electrons. The molecular weight excluding hydrogens is 377 g/mol. The van der Waals surface area contributed by atoms with Crippen LogP contribution in [0.15, 0.2) is 36.4 Å². The van der Waals surface area contributed by atoms with Gasteiger partial charge in [0, 0.05) is 18.6 Å². The van der Waals surface area contributed by atoms with Gasteiger partial charge in [0.15, 0.2) is 18.2 Å². The Bertz CT molecular complexity index is 843. The van der Waals surface area contributed by atoms with Crippen molar-refractivity contribution < 1.29 is 28.2 Å². The molecule has 0 aliphatic carbocycles. The maximum atomic E-state index is 13.7. The van der Waals surface area contributed by atoms with Gasteiger partial charge in [0.25, 0.3) is 5.91 Å². The molecule has 0 fully saturated rings. The fraction of sp³-hybridized carbons (Fsp3) is 0.263. The minimum atomic E-state index is -0.730. The molecule has 0 saturated heterocycles. The van der Waals surface area contributed by atoms with E-state index < -0.39 is 24.3 Å². The van der Waals surface area contributed by atoms with Gasteiger partial charge in [0.05, 0.1) is 14.2 Å². The Labute approximate surface area is 161 Å². The molecule has 0 aliphatic rings. The minimum absolute atomic E-state index is 0.122. The summed E-state index contributed by atoms with van der Waals surface area (Å²) in [5, 5.41) is 0.340. The van der Waals surface area contributed by atoms with Crippen LogP contribution in [-0.2, 0) is 16.1 Å². The number of amides is 1. The van der Waals surface area contributed by atoms with Crippen LogP contribution >= 0.6 is 11.6 Å². The summed E-state index contributed by atoms with van der Waals surface area (Å²) in [5.41, 5.74) is 0.699. The van der Waals surface area contributed by atoms with Crippen molar-refractivity contribution in [3.05, 3.63) is 58.4 Å². The highest BCUT2D eigenvalue weighted by Crippen LogP contribution is 2.23. The predicted molar refractivity (Wildman–Crippen MR) is 97.7 cm³/mol. The standard InChI is InChI=1S/C19H19ClFNO5/c1-22(10-12-4-6-17(26-3)15(21)8-12)18(23)11-27-19(24)14-9-13(20)5-7-16(14)25-2/h4-9H,10-11H2,1-3H3. The van der Waals surface area contributed by atoms with Crippen LogP contribution in [0.2, 0.25) is 5.02 Å². The van der Waals surface area contributed by atoms with Crippen LogP contribution in [0, 0.1) is 5.82 Å².